The Bertz CT molecular complexity index is 772. The quantitative estimate of drug-likeness (QED) is 0.850. The number of rotatable bonds is 4. The van der Waals surface area contributed by atoms with Crippen molar-refractivity contribution in [1.29, 1.82) is 0 Å². The first-order chi connectivity index (χ1) is 10.00. The topological polar surface area (TPSA) is 68.1 Å². The summed E-state index contributed by atoms with van der Waals surface area (Å²) in [6.45, 7) is 0.870. The zero-order valence-corrected chi connectivity index (χ0v) is 12.3. The molecule has 2 aromatic rings. The number of hydrogen-bond acceptors (Lipinski definition) is 4. The molecule has 0 bridgehead atoms. The number of aryl methyl sites for hydroxylation is 1. The average Bonchev–Trinajstić information content (AvgIpc) is 3.04. The van der Waals surface area contributed by atoms with Crippen LogP contribution in [0, 0.1) is 5.82 Å². The van der Waals surface area contributed by atoms with Gasteiger partial charge in [0.05, 0.1) is 6.54 Å². The molecular formula is C13H15FN4O2S. The van der Waals surface area contributed by atoms with Gasteiger partial charge in [0.25, 0.3) is 0 Å². The number of fused-ring (bicyclic) bond motifs is 1. The summed E-state index contributed by atoms with van der Waals surface area (Å²) in [5.74, 6) is 0.711. The van der Waals surface area contributed by atoms with Gasteiger partial charge in [0, 0.05) is 20.0 Å². The van der Waals surface area contributed by atoms with Gasteiger partial charge in [-0.15, -0.1) is 10.2 Å². The van der Waals surface area contributed by atoms with E-state index in [1.165, 1.54) is 25.2 Å². The summed E-state index contributed by atoms with van der Waals surface area (Å²) in [7, 11) is -2.47. The number of hydrogen-bond donors (Lipinski definition) is 0. The molecule has 112 valence electrons. The molecule has 0 radical (unpaired) electrons. The van der Waals surface area contributed by atoms with E-state index in [0.717, 1.165) is 35.6 Å². The molecule has 1 aromatic carbocycles. The van der Waals surface area contributed by atoms with Crippen LogP contribution >= 0.6 is 0 Å². The number of nitrogens with zero attached hydrogens (tertiary/aromatic N) is 4. The zero-order valence-electron chi connectivity index (χ0n) is 11.5. The summed E-state index contributed by atoms with van der Waals surface area (Å²) in [6, 6.07) is 5.35. The van der Waals surface area contributed by atoms with Crippen molar-refractivity contribution in [1.82, 2.24) is 19.1 Å². The lowest BCUT2D eigenvalue weighted by Crippen LogP contribution is -2.28. The molecule has 1 aliphatic rings. The highest BCUT2D eigenvalue weighted by Gasteiger charge is 2.27. The van der Waals surface area contributed by atoms with Crippen molar-refractivity contribution in [3.05, 3.63) is 41.7 Å². The molecule has 0 unspecified atom stereocenters. The molecule has 0 amide bonds. The Morgan fingerprint density at radius 2 is 2.10 bits per heavy atom. The fraction of sp³-hybridized carbons (Fsp3) is 0.385. The van der Waals surface area contributed by atoms with Crippen molar-refractivity contribution in [3.63, 3.8) is 0 Å². The van der Waals surface area contributed by atoms with E-state index in [9.17, 15) is 12.8 Å². The second-order valence-electron chi connectivity index (χ2n) is 4.98. The lowest BCUT2D eigenvalue weighted by molar-refractivity contribution is 0.442. The van der Waals surface area contributed by atoms with Crippen molar-refractivity contribution >= 4 is 10.0 Å². The average molecular weight is 310 g/mol. The van der Waals surface area contributed by atoms with Gasteiger partial charge in [-0.2, -0.15) is 4.31 Å². The molecule has 6 nitrogen and oxygen atoms in total. The summed E-state index contributed by atoms with van der Waals surface area (Å²) < 4.78 is 41.5. The molecule has 0 atom stereocenters. The van der Waals surface area contributed by atoms with Gasteiger partial charge in [-0.05, 0) is 18.6 Å². The molecule has 1 aromatic heterocycles. The van der Waals surface area contributed by atoms with E-state index in [4.69, 9.17) is 0 Å². The Labute approximate surface area is 122 Å². The van der Waals surface area contributed by atoms with E-state index < -0.39 is 15.8 Å². The standard InChI is InChI=1S/C13H15FN4O2S/c1-17(9-13-16-15-12-7-4-8-18(12)13)21(19,20)11-6-3-2-5-10(11)14/h2-3,5-6H,4,7-9H2,1H3. The third kappa shape index (κ3) is 2.44. The van der Waals surface area contributed by atoms with E-state index in [1.54, 1.807) is 0 Å². The summed E-state index contributed by atoms with van der Waals surface area (Å²) in [5, 5.41) is 8.06. The fourth-order valence-electron chi connectivity index (χ4n) is 2.43. The molecule has 1 aliphatic heterocycles. The highest BCUT2D eigenvalue weighted by Crippen LogP contribution is 2.21. The molecule has 21 heavy (non-hydrogen) atoms. The van der Waals surface area contributed by atoms with Gasteiger partial charge < -0.3 is 4.57 Å². The number of benzene rings is 1. The second-order valence-corrected chi connectivity index (χ2v) is 6.99. The zero-order chi connectivity index (χ0) is 15.0. The molecule has 8 heteroatoms. The van der Waals surface area contributed by atoms with Crippen LogP contribution in [0.3, 0.4) is 0 Å². The van der Waals surface area contributed by atoms with Crippen molar-refractivity contribution in [2.75, 3.05) is 7.05 Å². The predicted octanol–water partition coefficient (Wildman–Crippen LogP) is 1.18. The summed E-state index contributed by atoms with van der Waals surface area (Å²) in [5.41, 5.74) is 0. The van der Waals surface area contributed by atoms with Gasteiger partial charge in [0.1, 0.15) is 22.4 Å². The van der Waals surface area contributed by atoms with Gasteiger partial charge in [-0.1, -0.05) is 12.1 Å². The largest absolute Gasteiger partial charge is 0.314 e. The van der Waals surface area contributed by atoms with Gasteiger partial charge in [-0.25, -0.2) is 12.8 Å². The first kappa shape index (κ1) is 14.2. The number of sulfonamides is 1. The minimum Gasteiger partial charge on any atom is -0.314 e. The van der Waals surface area contributed by atoms with Crippen LogP contribution in [-0.4, -0.2) is 34.5 Å². The van der Waals surface area contributed by atoms with Crippen LogP contribution in [-0.2, 0) is 29.5 Å². The summed E-state index contributed by atoms with van der Waals surface area (Å²) >= 11 is 0. The molecule has 0 aliphatic carbocycles. The minimum atomic E-state index is -3.89. The number of aromatic nitrogens is 3. The van der Waals surface area contributed by atoms with E-state index in [-0.39, 0.29) is 11.4 Å². The molecule has 0 spiro atoms. The number of halogens is 1. The molecule has 2 heterocycles. The highest BCUT2D eigenvalue weighted by atomic mass is 32.2. The summed E-state index contributed by atoms with van der Waals surface area (Å²) in [6.07, 6.45) is 1.85. The highest BCUT2D eigenvalue weighted by molar-refractivity contribution is 7.89. The Morgan fingerprint density at radius 1 is 1.33 bits per heavy atom. The Morgan fingerprint density at radius 3 is 2.86 bits per heavy atom. The maximum Gasteiger partial charge on any atom is 0.246 e. The smallest absolute Gasteiger partial charge is 0.246 e. The van der Waals surface area contributed by atoms with Crippen molar-refractivity contribution in [3.8, 4) is 0 Å². The SMILES string of the molecule is CN(Cc1nnc2n1CCC2)S(=O)(=O)c1ccccc1F. The van der Waals surface area contributed by atoms with Crippen LogP contribution < -0.4 is 0 Å². The van der Waals surface area contributed by atoms with E-state index in [2.05, 4.69) is 10.2 Å². The van der Waals surface area contributed by atoms with Crippen LogP contribution in [0.2, 0.25) is 0 Å². The van der Waals surface area contributed by atoms with Gasteiger partial charge in [0.15, 0.2) is 0 Å². The minimum absolute atomic E-state index is 0.0731. The third-order valence-corrected chi connectivity index (χ3v) is 5.41. The predicted molar refractivity (Wildman–Crippen MR) is 73.4 cm³/mol. The maximum atomic E-state index is 13.7. The van der Waals surface area contributed by atoms with E-state index in [1.807, 2.05) is 4.57 Å². The normalized spacial score (nSPS) is 14.6. The first-order valence-corrected chi connectivity index (χ1v) is 8.06. The Kier molecular flexibility index (Phi) is 3.50. The lowest BCUT2D eigenvalue weighted by atomic mass is 10.4. The fourth-order valence-corrected chi connectivity index (χ4v) is 3.62. The molecule has 0 N–H and O–H groups in total. The summed E-state index contributed by atoms with van der Waals surface area (Å²) in [4.78, 5) is -0.325. The Balaban J connectivity index is 1.88. The van der Waals surface area contributed by atoms with Gasteiger partial charge >= 0.3 is 0 Å². The van der Waals surface area contributed by atoms with Gasteiger partial charge in [-0.3, -0.25) is 0 Å². The van der Waals surface area contributed by atoms with Crippen LogP contribution in [0.15, 0.2) is 29.2 Å². The van der Waals surface area contributed by atoms with Crippen molar-refractivity contribution in [2.45, 2.75) is 30.8 Å². The van der Waals surface area contributed by atoms with E-state index >= 15 is 0 Å². The van der Waals surface area contributed by atoms with E-state index in [0.29, 0.717) is 5.82 Å². The second kappa shape index (κ2) is 5.19. The molecule has 0 fully saturated rings. The molecule has 0 saturated carbocycles. The Hall–Kier alpha value is -1.80. The van der Waals surface area contributed by atoms with Crippen LogP contribution in [0.5, 0.6) is 0 Å². The maximum absolute atomic E-state index is 13.7. The lowest BCUT2D eigenvalue weighted by Gasteiger charge is -2.17. The van der Waals surface area contributed by atoms with Crippen LogP contribution in [0.1, 0.15) is 18.1 Å². The third-order valence-electron chi connectivity index (χ3n) is 3.58. The molecular weight excluding hydrogens is 295 g/mol. The van der Waals surface area contributed by atoms with Crippen LogP contribution in [0.25, 0.3) is 0 Å². The van der Waals surface area contributed by atoms with Crippen molar-refractivity contribution < 1.29 is 12.8 Å². The van der Waals surface area contributed by atoms with Crippen molar-refractivity contribution in [2.24, 2.45) is 0 Å². The molecule has 3 rings (SSSR count). The van der Waals surface area contributed by atoms with Gasteiger partial charge in [0.2, 0.25) is 10.0 Å². The van der Waals surface area contributed by atoms with Crippen LogP contribution in [0.4, 0.5) is 4.39 Å². The molecule has 0 saturated heterocycles. The monoisotopic (exact) mass is 310 g/mol. The first-order valence-electron chi connectivity index (χ1n) is 6.62.